The van der Waals surface area contributed by atoms with Gasteiger partial charge in [0.15, 0.2) is 0 Å². The number of aryl methyl sites for hydroxylation is 2. The molecular weight excluding hydrogens is 298 g/mol. The summed E-state index contributed by atoms with van der Waals surface area (Å²) in [5.41, 5.74) is 0.812. The van der Waals surface area contributed by atoms with Crippen LogP contribution in [0.5, 0.6) is 0 Å². The molecule has 3 heterocycles. The van der Waals surface area contributed by atoms with Gasteiger partial charge in [-0.15, -0.1) is 10.2 Å². The Kier molecular flexibility index (Phi) is 3.15. The lowest BCUT2D eigenvalue weighted by atomic mass is 10.3. The van der Waals surface area contributed by atoms with Gasteiger partial charge in [-0.1, -0.05) is 29.0 Å². The van der Waals surface area contributed by atoms with Crippen molar-refractivity contribution in [2.24, 2.45) is 0 Å². The first-order chi connectivity index (χ1) is 9.56. The summed E-state index contributed by atoms with van der Waals surface area (Å²) in [6.07, 6.45) is 0. The maximum Gasteiger partial charge on any atom is 0.268 e. The van der Waals surface area contributed by atoms with Crippen LogP contribution >= 0.6 is 22.9 Å². The quantitative estimate of drug-likeness (QED) is 0.739. The Labute approximate surface area is 123 Å². The number of anilines is 1. The lowest BCUT2D eigenvalue weighted by molar-refractivity contribution is 0.102. The molecule has 0 unspecified atom stereocenters. The summed E-state index contributed by atoms with van der Waals surface area (Å²) in [4.78, 5) is 17.6. The number of nitrogens with zero attached hydrogens (tertiary/aromatic N) is 4. The summed E-state index contributed by atoms with van der Waals surface area (Å²) in [6, 6.07) is 5.06. The first-order valence-corrected chi connectivity index (χ1v) is 7.01. The van der Waals surface area contributed by atoms with E-state index >= 15 is 0 Å². The van der Waals surface area contributed by atoms with Gasteiger partial charge < -0.3 is 5.32 Å². The fraction of sp³-hybridized carbons (Fsp3) is 0.167. The van der Waals surface area contributed by atoms with Gasteiger partial charge in [-0.3, -0.25) is 9.20 Å². The highest BCUT2D eigenvalue weighted by Crippen LogP contribution is 2.23. The number of hydrogen-bond donors (Lipinski definition) is 1. The standard InChI is InChI=1S/C12H10ClN5OS/c1-6-10(20-12-17-16-7(2)18(6)12)11(19)15-9-5-3-4-8(13)14-9/h3-5H,1-2H3,(H,14,15,19). The molecule has 1 amide bonds. The molecule has 0 aliphatic heterocycles. The Bertz CT molecular complexity index is 809. The van der Waals surface area contributed by atoms with E-state index in [4.69, 9.17) is 11.6 Å². The van der Waals surface area contributed by atoms with Gasteiger partial charge >= 0.3 is 0 Å². The molecule has 0 bridgehead atoms. The number of hydrogen-bond acceptors (Lipinski definition) is 5. The number of pyridine rings is 1. The van der Waals surface area contributed by atoms with Crippen molar-refractivity contribution in [2.45, 2.75) is 13.8 Å². The van der Waals surface area contributed by atoms with Crippen LogP contribution in [0.2, 0.25) is 5.15 Å². The summed E-state index contributed by atoms with van der Waals surface area (Å²) in [7, 11) is 0. The number of carbonyl (C=O) groups is 1. The van der Waals surface area contributed by atoms with Crippen molar-refractivity contribution in [1.29, 1.82) is 0 Å². The molecule has 102 valence electrons. The average molecular weight is 308 g/mol. The van der Waals surface area contributed by atoms with Crippen LogP contribution in [0.1, 0.15) is 21.2 Å². The smallest absolute Gasteiger partial charge is 0.268 e. The van der Waals surface area contributed by atoms with E-state index in [-0.39, 0.29) is 5.91 Å². The summed E-state index contributed by atoms with van der Waals surface area (Å²) < 4.78 is 1.85. The molecule has 20 heavy (non-hydrogen) atoms. The number of carbonyl (C=O) groups excluding carboxylic acids is 1. The number of halogens is 1. The topological polar surface area (TPSA) is 72.2 Å². The van der Waals surface area contributed by atoms with Gasteiger partial charge in [0.1, 0.15) is 21.7 Å². The maximum absolute atomic E-state index is 12.3. The van der Waals surface area contributed by atoms with E-state index < -0.39 is 0 Å². The number of amides is 1. The number of nitrogens with one attached hydrogen (secondary N) is 1. The average Bonchev–Trinajstić information content (AvgIpc) is 2.91. The minimum Gasteiger partial charge on any atom is -0.306 e. The Hall–Kier alpha value is -1.99. The highest BCUT2D eigenvalue weighted by Gasteiger charge is 2.18. The monoisotopic (exact) mass is 307 g/mol. The van der Waals surface area contributed by atoms with Gasteiger partial charge in [-0.05, 0) is 26.0 Å². The normalized spacial score (nSPS) is 10.9. The minimum atomic E-state index is -0.229. The summed E-state index contributed by atoms with van der Waals surface area (Å²) in [5.74, 6) is 0.948. The lowest BCUT2D eigenvalue weighted by Gasteiger charge is -2.03. The second-order valence-electron chi connectivity index (χ2n) is 4.18. The summed E-state index contributed by atoms with van der Waals surface area (Å²) >= 11 is 7.08. The van der Waals surface area contributed by atoms with E-state index in [2.05, 4.69) is 20.5 Å². The van der Waals surface area contributed by atoms with E-state index in [1.165, 1.54) is 11.3 Å². The van der Waals surface area contributed by atoms with E-state index in [1.54, 1.807) is 18.2 Å². The zero-order valence-electron chi connectivity index (χ0n) is 10.7. The van der Waals surface area contributed by atoms with Crippen molar-refractivity contribution in [3.63, 3.8) is 0 Å². The van der Waals surface area contributed by atoms with Crippen molar-refractivity contribution in [3.8, 4) is 0 Å². The number of rotatable bonds is 2. The molecule has 0 aliphatic rings. The zero-order chi connectivity index (χ0) is 14.3. The van der Waals surface area contributed by atoms with Crippen LogP contribution in [0.4, 0.5) is 5.82 Å². The first kappa shape index (κ1) is 13.0. The second-order valence-corrected chi connectivity index (χ2v) is 5.55. The van der Waals surface area contributed by atoms with Crippen molar-refractivity contribution in [1.82, 2.24) is 19.6 Å². The van der Waals surface area contributed by atoms with Crippen LogP contribution in [-0.4, -0.2) is 25.5 Å². The SMILES string of the molecule is Cc1nnc2sc(C(=O)Nc3cccc(Cl)n3)c(C)n12. The first-order valence-electron chi connectivity index (χ1n) is 5.81. The molecule has 0 aliphatic carbocycles. The van der Waals surface area contributed by atoms with E-state index in [0.717, 1.165) is 11.5 Å². The molecule has 3 aromatic heterocycles. The molecule has 0 saturated carbocycles. The molecule has 0 spiro atoms. The van der Waals surface area contributed by atoms with Crippen LogP contribution < -0.4 is 5.32 Å². The summed E-state index contributed by atoms with van der Waals surface area (Å²) in [6.45, 7) is 3.71. The maximum atomic E-state index is 12.3. The third-order valence-electron chi connectivity index (χ3n) is 2.82. The van der Waals surface area contributed by atoms with Crippen LogP contribution in [0, 0.1) is 13.8 Å². The van der Waals surface area contributed by atoms with Crippen molar-refractivity contribution in [2.75, 3.05) is 5.32 Å². The van der Waals surface area contributed by atoms with Gasteiger partial charge in [0.05, 0.1) is 0 Å². The Morgan fingerprint density at radius 2 is 2.15 bits per heavy atom. The lowest BCUT2D eigenvalue weighted by Crippen LogP contribution is -2.13. The highest BCUT2D eigenvalue weighted by atomic mass is 35.5. The van der Waals surface area contributed by atoms with Crippen LogP contribution in [-0.2, 0) is 0 Å². The van der Waals surface area contributed by atoms with Crippen molar-refractivity contribution >= 4 is 39.6 Å². The van der Waals surface area contributed by atoms with Crippen LogP contribution in [0.25, 0.3) is 4.96 Å². The molecule has 6 nitrogen and oxygen atoms in total. The molecule has 0 saturated heterocycles. The number of thiazole rings is 1. The molecular formula is C12H10ClN5OS. The van der Waals surface area contributed by atoms with Gasteiger partial charge in [-0.2, -0.15) is 0 Å². The van der Waals surface area contributed by atoms with Crippen LogP contribution in [0.3, 0.4) is 0 Å². The molecule has 0 atom stereocenters. The molecule has 0 radical (unpaired) electrons. The fourth-order valence-electron chi connectivity index (χ4n) is 1.92. The summed E-state index contributed by atoms with van der Waals surface area (Å²) in [5, 5.41) is 11.1. The molecule has 0 aromatic carbocycles. The molecule has 1 N–H and O–H groups in total. The highest BCUT2D eigenvalue weighted by molar-refractivity contribution is 7.19. The predicted octanol–water partition coefficient (Wildman–Crippen LogP) is 2.71. The minimum absolute atomic E-state index is 0.229. The van der Waals surface area contributed by atoms with Gasteiger partial charge in [-0.25, -0.2) is 4.98 Å². The third kappa shape index (κ3) is 2.14. The second kappa shape index (κ2) is 4.84. The fourth-order valence-corrected chi connectivity index (χ4v) is 3.09. The van der Waals surface area contributed by atoms with Crippen molar-refractivity contribution in [3.05, 3.63) is 39.7 Å². The third-order valence-corrected chi connectivity index (χ3v) is 4.16. The van der Waals surface area contributed by atoms with Gasteiger partial charge in [0, 0.05) is 5.69 Å². The molecule has 3 aromatic rings. The zero-order valence-corrected chi connectivity index (χ0v) is 12.3. The number of aromatic nitrogens is 4. The van der Waals surface area contributed by atoms with E-state index in [1.807, 2.05) is 18.2 Å². The van der Waals surface area contributed by atoms with Gasteiger partial charge in [0.25, 0.3) is 5.91 Å². The molecule has 8 heteroatoms. The van der Waals surface area contributed by atoms with Crippen molar-refractivity contribution < 1.29 is 4.79 Å². The van der Waals surface area contributed by atoms with E-state index in [9.17, 15) is 4.79 Å². The molecule has 0 fully saturated rings. The molecule has 3 rings (SSSR count). The largest absolute Gasteiger partial charge is 0.306 e. The Morgan fingerprint density at radius 1 is 1.35 bits per heavy atom. The predicted molar refractivity (Wildman–Crippen MR) is 77.5 cm³/mol. The van der Waals surface area contributed by atoms with Crippen LogP contribution in [0.15, 0.2) is 18.2 Å². The Balaban J connectivity index is 1.94. The number of fused-ring (bicyclic) bond motifs is 1. The Morgan fingerprint density at radius 3 is 2.85 bits per heavy atom. The van der Waals surface area contributed by atoms with Gasteiger partial charge in [0.2, 0.25) is 4.96 Å². The van der Waals surface area contributed by atoms with E-state index in [0.29, 0.717) is 20.8 Å².